The van der Waals surface area contributed by atoms with Crippen LogP contribution in [0.4, 0.5) is 0 Å². The molecule has 0 aromatic rings. The molecule has 0 unspecified atom stereocenters. The van der Waals surface area contributed by atoms with Crippen molar-refractivity contribution in [2.24, 2.45) is 0 Å². The molecule has 0 aliphatic heterocycles. The van der Waals surface area contributed by atoms with E-state index in [1.54, 1.807) is 0 Å². The van der Waals surface area contributed by atoms with Crippen molar-refractivity contribution in [2.75, 3.05) is 7.05 Å². The van der Waals surface area contributed by atoms with Crippen LogP contribution >= 0.6 is 18.6 Å². The maximum atomic E-state index is 2.46. The zero-order valence-electron chi connectivity index (χ0n) is 4.78. The van der Waals surface area contributed by atoms with Crippen LogP contribution in [0, 0.1) is 0 Å². The van der Waals surface area contributed by atoms with Crippen LogP contribution in [0.25, 0.3) is 0 Å². The fraction of sp³-hybridized carbons (Fsp3) is 1.00. The van der Waals surface area contributed by atoms with Crippen molar-refractivity contribution in [2.45, 2.75) is 19.9 Å². The van der Waals surface area contributed by atoms with Gasteiger partial charge in [0.1, 0.15) is 0 Å². The molecule has 0 heterocycles. The van der Waals surface area contributed by atoms with Crippen molar-refractivity contribution < 1.29 is 17.5 Å². The van der Waals surface area contributed by atoms with E-state index in [0.29, 0.717) is 17.5 Å². The summed E-state index contributed by atoms with van der Waals surface area (Å²) in [6.07, 6.45) is 0. The van der Waals surface area contributed by atoms with E-state index in [1.165, 1.54) is 0 Å². The van der Waals surface area contributed by atoms with Gasteiger partial charge in [-0.15, -0.1) is 0 Å². The van der Waals surface area contributed by atoms with Gasteiger partial charge in [0, 0.05) is 0 Å². The van der Waals surface area contributed by atoms with E-state index in [-0.39, 0.29) is 0 Å². The Hall–Kier alpha value is 1.42. The van der Waals surface area contributed by atoms with Gasteiger partial charge in [-0.2, -0.15) is 0 Å². The Morgan fingerprint density at radius 3 is 2.00 bits per heavy atom. The minimum atomic E-state index is 0.308. The molecule has 0 fully saturated rings. The first kappa shape index (κ1) is 8.42. The average molecular weight is 326 g/mol. The number of nitrogens with zero attached hydrogens (tertiary/aromatic N) is 1. The summed E-state index contributed by atoms with van der Waals surface area (Å²) in [7, 11) is 2.17. The monoisotopic (exact) mass is 326 g/mol. The molecular weight excluding hydrogens is 316 g/mol. The quantitative estimate of drug-likeness (QED) is 0.450. The van der Waals surface area contributed by atoms with E-state index in [2.05, 4.69) is 42.6 Å². The maximum absolute atomic E-state index is 2.46. The Morgan fingerprint density at radius 1 is 1.57 bits per heavy atom. The number of halogens is 2. The van der Waals surface area contributed by atoms with Crippen molar-refractivity contribution in [1.82, 2.24) is 3.11 Å². The van der Waals surface area contributed by atoms with Gasteiger partial charge in [-0.1, -0.05) is 0 Å². The molecule has 46 valence electrons. The Labute approximate surface area is 65.6 Å². The van der Waals surface area contributed by atoms with Crippen LogP contribution in [0.1, 0.15) is 13.8 Å². The van der Waals surface area contributed by atoms with Crippen LogP contribution < -0.4 is 17.5 Å². The van der Waals surface area contributed by atoms with Crippen molar-refractivity contribution in [3.63, 3.8) is 0 Å². The Morgan fingerprint density at radius 2 is 2.00 bits per heavy atom. The van der Waals surface area contributed by atoms with Gasteiger partial charge in [-0.05, 0) is 0 Å². The van der Waals surface area contributed by atoms with E-state index in [0.717, 1.165) is 6.04 Å². The van der Waals surface area contributed by atoms with Gasteiger partial charge in [-0.25, -0.2) is 0 Å². The molecule has 3 heteroatoms. The second-order valence-electron chi connectivity index (χ2n) is 1.68. The zero-order valence-corrected chi connectivity index (χ0v) is 9.10. The standard InChI is InChI=1S/C4H10I2N/c1-4(2)7(3)6-5/h4H,1-3H3/q-1. The fourth-order valence-corrected chi connectivity index (χ4v) is 3.32. The molecule has 0 saturated carbocycles. The van der Waals surface area contributed by atoms with Gasteiger partial charge < -0.3 is 0 Å². The number of hydrogen-bond donors (Lipinski definition) is 0. The first-order valence-corrected chi connectivity index (χ1v) is 9.42. The van der Waals surface area contributed by atoms with E-state index in [1.807, 2.05) is 0 Å². The van der Waals surface area contributed by atoms with E-state index in [9.17, 15) is 0 Å². The second kappa shape index (κ2) is 4.31. The van der Waals surface area contributed by atoms with Crippen molar-refractivity contribution >= 4 is 18.6 Å². The molecule has 0 amide bonds. The first-order valence-electron chi connectivity index (χ1n) is 2.17. The van der Waals surface area contributed by atoms with E-state index >= 15 is 0 Å². The molecule has 0 spiro atoms. The topological polar surface area (TPSA) is 3.24 Å². The van der Waals surface area contributed by atoms with Crippen LogP contribution in [0.15, 0.2) is 0 Å². The molecule has 0 aromatic heterocycles. The van der Waals surface area contributed by atoms with Crippen molar-refractivity contribution in [3.8, 4) is 0 Å². The van der Waals surface area contributed by atoms with Crippen LogP contribution in [-0.4, -0.2) is 16.2 Å². The summed E-state index contributed by atoms with van der Waals surface area (Å²) >= 11 is 2.77. The number of rotatable bonds is 2. The third kappa shape index (κ3) is 3.96. The third-order valence-corrected chi connectivity index (χ3v) is 6.36. The molecule has 0 aliphatic carbocycles. The molecule has 0 aromatic carbocycles. The Kier molecular flexibility index (Phi) is 5.19. The van der Waals surface area contributed by atoms with Crippen LogP contribution in [0.3, 0.4) is 0 Å². The number of hydrogen-bond acceptors (Lipinski definition) is 1. The molecule has 0 radical (unpaired) electrons. The van der Waals surface area contributed by atoms with Gasteiger partial charge >= 0.3 is 66.2 Å². The normalized spacial score (nSPS) is 11.7. The molecule has 0 bridgehead atoms. The van der Waals surface area contributed by atoms with Crippen molar-refractivity contribution in [3.05, 3.63) is 0 Å². The van der Waals surface area contributed by atoms with Gasteiger partial charge in [0.05, 0.1) is 0 Å². The van der Waals surface area contributed by atoms with Crippen molar-refractivity contribution in [1.29, 1.82) is 0 Å². The minimum absolute atomic E-state index is 0.308. The summed E-state index contributed by atoms with van der Waals surface area (Å²) in [4.78, 5) is 0. The Bertz CT molecular complexity index is 47.0. The molecular formula is C4H10I2N-. The molecule has 0 aliphatic rings. The van der Waals surface area contributed by atoms with Crippen LogP contribution in [0.5, 0.6) is 0 Å². The predicted molar refractivity (Wildman–Crippen MR) is 36.9 cm³/mol. The summed E-state index contributed by atoms with van der Waals surface area (Å²) < 4.78 is 2.39. The molecule has 1 nitrogen and oxygen atoms in total. The summed E-state index contributed by atoms with van der Waals surface area (Å²) in [5, 5.41) is 0. The molecule has 0 rings (SSSR count). The van der Waals surface area contributed by atoms with E-state index < -0.39 is 0 Å². The van der Waals surface area contributed by atoms with Gasteiger partial charge in [0.15, 0.2) is 0 Å². The summed E-state index contributed by atoms with van der Waals surface area (Å²) in [5.74, 6) is 0. The summed E-state index contributed by atoms with van der Waals surface area (Å²) in [6.45, 7) is 4.44. The predicted octanol–water partition coefficient (Wildman–Crippen LogP) is -1.32. The fourth-order valence-electron chi connectivity index (χ4n) is 0.0738. The van der Waals surface area contributed by atoms with Crippen LogP contribution in [0.2, 0.25) is 0 Å². The second-order valence-corrected chi connectivity index (χ2v) is 6.02. The summed E-state index contributed by atoms with van der Waals surface area (Å²) in [6, 6.07) is 0.740. The van der Waals surface area contributed by atoms with E-state index in [4.69, 9.17) is 0 Å². The Balaban J connectivity index is 3.14. The molecule has 7 heavy (non-hydrogen) atoms. The van der Waals surface area contributed by atoms with Gasteiger partial charge in [0.2, 0.25) is 0 Å². The SMILES string of the molecule is CC(C)N(C)[I-]I. The molecule has 0 N–H and O–H groups in total. The van der Waals surface area contributed by atoms with Gasteiger partial charge in [-0.3, -0.25) is 0 Å². The molecule has 0 atom stereocenters. The van der Waals surface area contributed by atoms with Crippen LogP contribution in [-0.2, 0) is 0 Å². The summed E-state index contributed by atoms with van der Waals surface area (Å²) in [5.41, 5.74) is 0. The third-order valence-electron chi connectivity index (χ3n) is 0.812. The van der Waals surface area contributed by atoms with Gasteiger partial charge in [0.25, 0.3) is 0 Å². The zero-order chi connectivity index (χ0) is 5.86. The average Bonchev–Trinajstić information content (AvgIpc) is 1.65. The first-order chi connectivity index (χ1) is 3.18. The molecule has 0 saturated heterocycles.